The number of nitro benzene ring substituents is 1. The van der Waals surface area contributed by atoms with E-state index in [1.54, 1.807) is 0 Å². The quantitative estimate of drug-likeness (QED) is 0.626. The minimum atomic E-state index is -3.86. The Bertz CT molecular complexity index is 727. The van der Waals surface area contributed by atoms with Crippen molar-refractivity contribution in [2.45, 2.75) is 4.90 Å². The minimum absolute atomic E-state index is 0.0423. The first-order valence-electron chi connectivity index (χ1n) is 5.23. The zero-order chi connectivity index (χ0) is 14.8. The van der Waals surface area contributed by atoms with Gasteiger partial charge in [-0.3, -0.25) is 14.8 Å². The molecule has 0 unspecified atom stereocenters. The Morgan fingerprint density at radius 2 is 1.70 bits per heavy atom. The molecule has 0 fully saturated rings. The molecule has 0 saturated heterocycles. The monoisotopic (exact) mass is 295 g/mol. The summed E-state index contributed by atoms with van der Waals surface area (Å²) in [5, 5.41) is 10.5. The predicted molar refractivity (Wildman–Crippen MR) is 70.3 cm³/mol. The molecule has 0 radical (unpaired) electrons. The molecule has 2 rings (SSSR count). The third kappa shape index (κ3) is 2.98. The van der Waals surface area contributed by atoms with Crippen molar-refractivity contribution in [1.82, 2.24) is 9.97 Å². The lowest BCUT2D eigenvalue weighted by atomic mass is 10.3. The molecule has 20 heavy (non-hydrogen) atoms. The smallest absolute Gasteiger partial charge is 0.269 e. The maximum absolute atomic E-state index is 12.0. The molecular weight excluding hydrogens is 286 g/mol. The third-order valence-corrected chi connectivity index (χ3v) is 3.62. The summed E-state index contributed by atoms with van der Waals surface area (Å²) in [5.41, 5.74) is 5.32. The van der Waals surface area contributed by atoms with Gasteiger partial charge in [-0.15, -0.1) is 0 Å². The molecule has 0 spiro atoms. The Kier molecular flexibility index (Phi) is 3.48. The first-order chi connectivity index (χ1) is 9.38. The second-order valence-electron chi connectivity index (χ2n) is 3.69. The number of benzene rings is 1. The molecule has 0 bridgehead atoms. The number of nitro groups is 1. The molecule has 0 saturated carbocycles. The van der Waals surface area contributed by atoms with E-state index in [0.29, 0.717) is 0 Å². The highest BCUT2D eigenvalue weighted by Crippen LogP contribution is 2.18. The highest BCUT2D eigenvalue weighted by Gasteiger charge is 2.15. The molecule has 0 aliphatic rings. The van der Waals surface area contributed by atoms with Crippen LogP contribution in [0.15, 0.2) is 41.6 Å². The van der Waals surface area contributed by atoms with Crippen LogP contribution in [-0.2, 0) is 10.0 Å². The molecule has 1 aromatic carbocycles. The van der Waals surface area contributed by atoms with Crippen LogP contribution in [0.4, 0.5) is 17.3 Å². The van der Waals surface area contributed by atoms with E-state index in [0.717, 1.165) is 12.4 Å². The summed E-state index contributed by atoms with van der Waals surface area (Å²) in [6, 6.07) is 4.95. The summed E-state index contributed by atoms with van der Waals surface area (Å²) < 4.78 is 26.2. The van der Waals surface area contributed by atoms with E-state index >= 15 is 0 Å². The van der Waals surface area contributed by atoms with Crippen LogP contribution >= 0.6 is 0 Å². The number of sulfonamides is 1. The molecule has 104 valence electrons. The number of aromatic nitrogens is 2. The van der Waals surface area contributed by atoms with Gasteiger partial charge in [0, 0.05) is 17.8 Å². The lowest BCUT2D eigenvalue weighted by Crippen LogP contribution is -2.14. The molecule has 0 aliphatic carbocycles. The van der Waals surface area contributed by atoms with Gasteiger partial charge < -0.3 is 5.73 Å². The van der Waals surface area contributed by atoms with Crippen LogP contribution in [0, 0.1) is 10.1 Å². The summed E-state index contributed by atoms with van der Waals surface area (Å²) in [6.07, 6.45) is 2.13. The average Bonchev–Trinajstić information content (AvgIpc) is 2.39. The maximum atomic E-state index is 12.0. The van der Waals surface area contributed by atoms with Crippen molar-refractivity contribution in [3.8, 4) is 0 Å². The minimum Gasteiger partial charge on any atom is -0.368 e. The van der Waals surface area contributed by atoms with E-state index < -0.39 is 14.9 Å². The molecule has 10 heteroatoms. The van der Waals surface area contributed by atoms with E-state index in [1.165, 1.54) is 24.3 Å². The molecule has 3 N–H and O–H groups in total. The van der Waals surface area contributed by atoms with Crippen molar-refractivity contribution >= 4 is 27.3 Å². The van der Waals surface area contributed by atoms with Gasteiger partial charge in [0.25, 0.3) is 15.7 Å². The van der Waals surface area contributed by atoms with Gasteiger partial charge in [0.05, 0.1) is 17.3 Å². The molecule has 1 aromatic heterocycles. The van der Waals surface area contributed by atoms with E-state index in [-0.39, 0.29) is 22.2 Å². The molecule has 9 nitrogen and oxygen atoms in total. The van der Waals surface area contributed by atoms with Crippen molar-refractivity contribution in [2.24, 2.45) is 0 Å². The van der Waals surface area contributed by atoms with Crippen molar-refractivity contribution in [3.63, 3.8) is 0 Å². The topological polar surface area (TPSA) is 141 Å². The summed E-state index contributed by atoms with van der Waals surface area (Å²) in [6.45, 7) is 0. The van der Waals surface area contributed by atoms with E-state index in [2.05, 4.69) is 14.7 Å². The second-order valence-corrected chi connectivity index (χ2v) is 5.37. The summed E-state index contributed by atoms with van der Waals surface area (Å²) in [7, 11) is -3.86. The number of nitrogens with two attached hydrogens (primary N) is 1. The number of hydrogen-bond donors (Lipinski definition) is 2. The van der Waals surface area contributed by atoms with Crippen LogP contribution in [0.5, 0.6) is 0 Å². The fraction of sp³-hybridized carbons (Fsp3) is 0. The molecular formula is C10H9N5O4S. The van der Waals surface area contributed by atoms with Crippen LogP contribution in [0.1, 0.15) is 0 Å². The summed E-state index contributed by atoms with van der Waals surface area (Å²) in [4.78, 5) is 16.9. The van der Waals surface area contributed by atoms with Crippen molar-refractivity contribution in [2.75, 3.05) is 10.5 Å². The average molecular weight is 295 g/mol. The third-order valence-electron chi connectivity index (χ3n) is 2.29. The largest absolute Gasteiger partial charge is 0.368 e. The molecule has 0 atom stereocenters. The SMILES string of the molecule is Nc1ncc(S(=O)(=O)Nc2ccc([N+](=O)[O-])cc2)cn1. The zero-order valence-electron chi connectivity index (χ0n) is 9.92. The van der Waals surface area contributed by atoms with Crippen LogP contribution in [0.2, 0.25) is 0 Å². The van der Waals surface area contributed by atoms with Crippen LogP contribution in [0.25, 0.3) is 0 Å². The number of nitrogens with one attached hydrogen (secondary N) is 1. The van der Waals surface area contributed by atoms with Gasteiger partial charge in [-0.05, 0) is 12.1 Å². The van der Waals surface area contributed by atoms with Crippen LogP contribution < -0.4 is 10.5 Å². The standard InChI is InChI=1S/C10H9N5O4S/c11-10-12-5-9(6-13-10)20(18,19)14-7-1-3-8(4-2-7)15(16)17/h1-6,14H,(H2,11,12,13). The van der Waals surface area contributed by atoms with Crippen molar-refractivity contribution in [3.05, 3.63) is 46.8 Å². The van der Waals surface area contributed by atoms with Gasteiger partial charge in [0.2, 0.25) is 5.95 Å². The van der Waals surface area contributed by atoms with Crippen LogP contribution in [-0.4, -0.2) is 23.3 Å². The Balaban J connectivity index is 2.24. The number of nitrogen functional groups attached to an aromatic ring is 1. The summed E-state index contributed by atoms with van der Waals surface area (Å²) in [5.74, 6) is -0.0423. The number of nitrogens with zero attached hydrogens (tertiary/aromatic N) is 3. The Morgan fingerprint density at radius 1 is 1.15 bits per heavy atom. The highest BCUT2D eigenvalue weighted by atomic mass is 32.2. The lowest BCUT2D eigenvalue weighted by molar-refractivity contribution is -0.384. The fourth-order valence-corrected chi connectivity index (χ4v) is 2.28. The number of rotatable bonds is 4. The Labute approximate surface area is 113 Å². The first kappa shape index (κ1) is 13.7. The van der Waals surface area contributed by atoms with Gasteiger partial charge in [0.1, 0.15) is 4.90 Å². The molecule has 0 aliphatic heterocycles. The highest BCUT2D eigenvalue weighted by molar-refractivity contribution is 7.92. The van der Waals surface area contributed by atoms with E-state index in [1.807, 2.05) is 0 Å². The van der Waals surface area contributed by atoms with Gasteiger partial charge in [-0.25, -0.2) is 18.4 Å². The zero-order valence-corrected chi connectivity index (χ0v) is 10.7. The predicted octanol–water partition coefficient (Wildman–Crippen LogP) is 0.768. The Morgan fingerprint density at radius 3 is 2.20 bits per heavy atom. The Hall–Kier alpha value is -2.75. The van der Waals surface area contributed by atoms with Crippen molar-refractivity contribution < 1.29 is 13.3 Å². The van der Waals surface area contributed by atoms with E-state index in [4.69, 9.17) is 5.73 Å². The fourth-order valence-electron chi connectivity index (χ4n) is 1.33. The second kappa shape index (κ2) is 5.09. The first-order valence-corrected chi connectivity index (χ1v) is 6.71. The van der Waals surface area contributed by atoms with E-state index in [9.17, 15) is 18.5 Å². The molecule has 1 heterocycles. The number of anilines is 2. The lowest BCUT2D eigenvalue weighted by Gasteiger charge is -2.07. The number of non-ortho nitro benzene ring substituents is 1. The van der Waals surface area contributed by atoms with Crippen LogP contribution in [0.3, 0.4) is 0 Å². The van der Waals surface area contributed by atoms with Gasteiger partial charge >= 0.3 is 0 Å². The normalized spacial score (nSPS) is 11.0. The molecule has 2 aromatic rings. The van der Waals surface area contributed by atoms with Crippen molar-refractivity contribution in [1.29, 1.82) is 0 Å². The number of hydrogen-bond acceptors (Lipinski definition) is 7. The molecule has 0 amide bonds. The van der Waals surface area contributed by atoms with Gasteiger partial charge in [-0.1, -0.05) is 0 Å². The summed E-state index contributed by atoms with van der Waals surface area (Å²) >= 11 is 0. The van der Waals surface area contributed by atoms with Gasteiger partial charge in [-0.2, -0.15) is 0 Å². The van der Waals surface area contributed by atoms with Gasteiger partial charge in [0.15, 0.2) is 0 Å². The maximum Gasteiger partial charge on any atom is 0.269 e.